The Labute approximate surface area is 181 Å². The van der Waals surface area contributed by atoms with E-state index in [1.54, 1.807) is 29.5 Å². The van der Waals surface area contributed by atoms with Crippen LogP contribution in [0.3, 0.4) is 0 Å². The maximum atomic E-state index is 12.3. The summed E-state index contributed by atoms with van der Waals surface area (Å²) < 4.78 is 11.6. The molecule has 0 bridgehead atoms. The van der Waals surface area contributed by atoms with E-state index in [9.17, 15) is 9.59 Å². The predicted octanol–water partition coefficient (Wildman–Crippen LogP) is 4.06. The summed E-state index contributed by atoms with van der Waals surface area (Å²) in [6, 6.07) is 20.4. The Morgan fingerprint density at radius 1 is 0.968 bits per heavy atom. The predicted molar refractivity (Wildman–Crippen MR) is 119 cm³/mol. The molecule has 2 amide bonds. The fourth-order valence-electron chi connectivity index (χ4n) is 3.20. The average Bonchev–Trinajstić information content (AvgIpc) is 3.44. The van der Waals surface area contributed by atoms with Crippen molar-refractivity contribution in [2.75, 3.05) is 18.7 Å². The summed E-state index contributed by atoms with van der Waals surface area (Å²) in [5, 5.41) is 6.31. The summed E-state index contributed by atoms with van der Waals surface area (Å²) >= 11 is 1.62. The molecule has 0 saturated heterocycles. The molecule has 2 heterocycles. The van der Waals surface area contributed by atoms with Gasteiger partial charge in [-0.25, -0.2) is 4.98 Å². The van der Waals surface area contributed by atoms with Crippen molar-refractivity contribution in [3.63, 3.8) is 0 Å². The first-order chi connectivity index (χ1) is 15.2. The second kappa shape index (κ2) is 8.08. The van der Waals surface area contributed by atoms with Crippen LogP contribution in [0.1, 0.15) is 10.4 Å². The molecule has 31 heavy (non-hydrogen) atoms. The van der Waals surface area contributed by atoms with Crippen LogP contribution >= 0.6 is 11.3 Å². The minimum absolute atomic E-state index is 0.139. The molecule has 0 unspecified atom stereocenters. The van der Waals surface area contributed by atoms with Crippen LogP contribution in [-0.4, -0.2) is 30.1 Å². The summed E-state index contributed by atoms with van der Waals surface area (Å²) in [5.74, 6) is 0.440. The lowest BCUT2D eigenvalue weighted by Gasteiger charge is -2.08. The fraction of sp³-hybridized carbons (Fsp3) is 0.0870. The van der Waals surface area contributed by atoms with E-state index in [1.807, 2.05) is 48.5 Å². The summed E-state index contributed by atoms with van der Waals surface area (Å²) in [4.78, 5) is 29.2. The van der Waals surface area contributed by atoms with Crippen LogP contribution in [0.5, 0.6) is 11.5 Å². The number of para-hydroxylation sites is 1. The molecule has 7 nitrogen and oxygen atoms in total. The molecule has 5 rings (SSSR count). The Kier molecular flexibility index (Phi) is 4.97. The quantitative estimate of drug-likeness (QED) is 0.497. The first kappa shape index (κ1) is 19.1. The van der Waals surface area contributed by atoms with Gasteiger partial charge in [-0.1, -0.05) is 12.1 Å². The molecule has 8 heteroatoms. The van der Waals surface area contributed by atoms with Gasteiger partial charge in [0.1, 0.15) is 5.01 Å². The molecule has 2 N–H and O–H groups in total. The Hall–Kier alpha value is -3.91. The van der Waals surface area contributed by atoms with Gasteiger partial charge in [0.15, 0.2) is 11.5 Å². The maximum absolute atomic E-state index is 12.3. The number of ether oxygens (including phenoxy) is 2. The minimum Gasteiger partial charge on any atom is -0.454 e. The minimum atomic E-state index is -0.361. The van der Waals surface area contributed by atoms with Crippen molar-refractivity contribution in [3.05, 3.63) is 72.3 Å². The topological polar surface area (TPSA) is 89.6 Å². The van der Waals surface area contributed by atoms with Crippen LogP contribution in [0.4, 0.5) is 5.69 Å². The maximum Gasteiger partial charge on any atom is 0.251 e. The van der Waals surface area contributed by atoms with Crippen molar-refractivity contribution in [2.45, 2.75) is 0 Å². The second-order valence-electron chi connectivity index (χ2n) is 6.86. The van der Waals surface area contributed by atoms with Gasteiger partial charge in [0.05, 0.1) is 16.8 Å². The molecular weight excluding hydrogens is 414 g/mol. The molecule has 0 spiro atoms. The number of carbonyl (C=O) groups is 2. The summed E-state index contributed by atoms with van der Waals surface area (Å²) in [7, 11) is 0. The first-order valence-electron chi connectivity index (χ1n) is 9.59. The van der Waals surface area contributed by atoms with Crippen molar-refractivity contribution in [2.24, 2.45) is 0 Å². The number of thiazole rings is 1. The highest BCUT2D eigenvalue weighted by atomic mass is 32.1. The molecule has 1 aromatic heterocycles. The molecule has 1 aliphatic heterocycles. The van der Waals surface area contributed by atoms with Gasteiger partial charge < -0.3 is 20.1 Å². The Balaban J connectivity index is 1.18. The standard InChI is InChI=1S/C23H17N3O4S/c27-21(12-24-22(28)15-7-10-18-19(11-15)30-13-29-18)25-16-8-5-14(6-9-16)23-26-17-3-1-2-4-20(17)31-23/h1-11H,12-13H2,(H,24,28)(H,25,27). The van der Waals surface area contributed by atoms with E-state index in [0.29, 0.717) is 22.7 Å². The molecule has 0 radical (unpaired) electrons. The lowest BCUT2D eigenvalue weighted by molar-refractivity contribution is -0.115. The number of rotatable bonds is 5. The molecule has 4 aromatic rings. The third-order valence-corrected chi connectivity index (χ3v) is 5.84. The highest BCUT2D eigenvalue weighted by Gasteiger charge is 2.16. The lowest BCUT2D eigenvalue weighted by Crippen LogP contribution is -2.32. The Bertz CT molecular complexity index is 1250. The highest BCUT2D eigenvalue weighted by Crippen LogP contribution is 2.32. The Morgan fingerprint density at radius 2 is 1.77 bits per heavy atom. The fourth-order valence-corrected chi connectivity index (χ4v) is 4.17. The largest absolute Gasteiger partial charge is 0.454 e. The number of fused-ring (bicyclic) bond motifs is 2. The zero-order chi connectivity index (χ0) is 21.2. The molecular formula is C23H17N3O4S. The number of nitrogens with zero attached hydrogens (tertiary/aromatic N) is 1. The molecule has 154 valence electrons. The van der Waals surface area contributed by atoms with Crippen molar-refractivity contribution in [1.82, 2.24) is 10.3 Å². The highest BCUT2D eigenvalue weighted by molar-refractivity contribution is 7.21. The number of hydrogen-bond acceptors (Lipinski definition) is 6. The Morgan fingerprint density at radius 3 is 2.61 bits per heavy atom. The normalized spacial score (nSPS) is 12.0. The van der Waals surface area contributed by atoms with E-state index in [0.717, 1.165) is 20.8 Å². The monoisotopic (exact) mass is 431 g/mol. The second-order valence-corrected chi connectivity index (χ2v) is 7.89. The van der Waals surface area contributed by atoms with Crippen molar-refractivity contribution >= 4 is 39.1 Å². The van der Waals surface area contributed by atoms with E-state index in [1.165, 1.54) is 0 Å². The van der Waals surface area contributed by atoms with Crippen molar-refractivity contribution < 1.29 is 19.1 Å². The van der Waals surface area contributed by atoms with E-state index >= 15 is 0 Å². The zero-order valence-electron chi connectivity index (χ0n) is 16.3. The molecule has 0 saturated carbocycles. The number of anilines is 1. The summed E-state index contributed by atoms with van der Waals surface area (Å²) in [6.45, 7) is -0.00648. The molecule has 0 aliphatic carbocycles. The number of amides is 2. The smallest absolute Gasteiger partial charge is 0.251 e. The van der Waals surface area contributed by atoms with Crippen LogP contribution in [0, 0.1) is 0 Å². The van der Waals surface area contributed by atoms with Gasteiger partial charge in [0.2, 0.25) is 12.7 Å². The number of hydrogen-bond donors (Lipinski definition) is 2. The molecule has 1 aliphatic rings. The number of benzene rings is 3. The summed E-state index contributed by atoms with van der Waals surface area (Å²) in [6.07, 6.45) is 0. The van der Waals surface area contributed by atoms with E-state index in [4.69, 9.17) is 9.47 Å². The SMILES string of the molecule is O=C(CNC(=O)c1ccc2c(c1)OCO2)Nc1ccc(-c2nc3ccccc3s2)cc1. The van der Waals surface area contributed by atoms with Crippen LogP contribution in [0.2, 0.25) is 0 Å². The van der Waals surface area contributed by atoms with Crippen LogP contribution < -0.4 is 20.1 Å². The van der Waals surface area contributed by atoms with Gasteiger partial charge in [-0.15, -0.1) is 11.3 Å². The van der Waals surface area contributed by atoms with Gasteiger partial charge in [-0.05, 0) is 54.6 Å². The molecule has 0 fully saturated rings. The molecule has 0 atom stereocenters. The van der Waals surface area contributed by atoms with Crippen LogP contribution in [0.15, 0.2) is 66.7 Å². The van der Waals surface area contributed by atoms with Gasteiger partial charge in [0, 0.05) is 16.8 Å². The van der Waals surface area contributed by atoms with E-state index in [-0.39, 0.29) is 25.2 Å². The van der Waals surface area contributed by atoms with Gasteiger partial charge >= 0.3 is 0 Å². The number of carbonyl (C=O) groups excluding carboxylic acids is 2. The van der Waals surface area contributed by atoms with Crippen LogP contribution in [0.25, 0.3) is 20.8 Å². The van der Waals surface area contributed by atoms with E-state index in [2.05, 4.69) is 15.6 Å². The molecule has 3 aromatic carbocycles. The van der Waals surface area contributed by atoms with Crippen LogP contribution in [-0.2, 0) is 4.79 Å². The van der Waals surface area contributed by atoms with Gasteiger partial charge in [0.25, 0.3) is 5.91 Å². The van der Waals surface area contributed by atoms with Gasteiger partial charge in [-0.2, -0.15) is 0 Å². The van der Waals surface area contributed by atoms with Gasteiger partial charge in [-0.3, -0.25) is 9.59 Å². The number of nitrogens with one attached hydrogen (secondary N) is 2. The lowest BCUT2D eigenvalue weighted by atomic mass is 10.2. The zero-order valence-corrected chi connectivity index (χ0v) is 17.1. The third-order valence-electron chi connectivity index (χ3n) is 4.75. The van der Waals surface area contributed by atoms with Crippen molar-refractivity contribution in [3.8, 4) is 22.1 Å². The first-order valence-corrected chi connectivity index (χ1v) is 10.4. The third kappa shape index (κ3) is 4.06. The number of aromatic nitrogens is 1. The van der Waals surface area contributed by atoms with E-state index < -0.39 is 0 Å². The summed E-state index contributed by atoms with van der Waals surface area (Å²) in [5.41, 5.74) is 3.00. The van der Waals surface area contributed by atoms with Crippen molar-refractivity contribution in [1.29, 1.82) is 0 Å². The average molecular weight is 431 g/mol.